The number of urea groups is 1. The van der Waals surface area contributed by atoms with Crippen LogP contribution in [0.5, 0.6) is 5.75 Å². The van der Waals surface area contributed by atoms with Crippen molar-refractivity contribution in [2.24, 2.45) is 0 Å². The third-order valence-electron chi connectivity index (χ3n) is 4.11. The van der Waals surface area contributed by atoms with Crippen LogP contribution in [0.1, 0.15) is 12.5 Å². The van der Waals surface area contributed by atoms with Gasteiger partial charge in [0.15, 0.2) is 0 Å². The molecular weight excluding hydrogens is 433 g/mol. The Labute approximate surface area is 170 Å². The van der Waals surface area contributed by atoms with Crippen LogP contribution >= 0.6 is 15.9 Å². The first-order valence-corrected chi connectivity index (χ1v) is 9.34. The molecular formula is C19H19BrFN3O4. The maximum Gasteiger partial charge on any atom is 0.345 e. The minimum Gasteiger partial charge on any atom is -0.497 e. The SMILES string of the molecule is CCOC(=O)C1NN(c2ccc(Br)cc2)C(=O)N1Cc1cc(F)cc(OC)c1. The first-order chi connectivity index (χ1) is 13.4. The van der Waals surface area contributed by atoms with Crippen LogP contribution in [0.15, 0.2) is 46.9 Å². The summed E-state index contributed by atoms with van der Waals surface area (Å²) in [5, 5.41) is 1.27. The molecule has 2 aromatic rings. The van der Waals surface area contributed by atoms with Crippen molar-refractivity contribution in [2.45, 2.75) is 19.6 Å². The first kappa shape index (κ1) is 20.1. The summed E-state index contributed by atoms with van der Waals surface area (Å²) < 4.78 is 24.9. The van der Waals surface area contributed by atoms with Gasteiger partial charge in [-0.15, -0.1) is 0 Å². The van der Waals surface area contributed by atoms with Crippen LogP contribution < -0.4 is 15.2 Å². The Morgan fingerprint density at radius 2 is 1.96 bits per heavy atom. The van der Waals surface area contributed by atoms with E-state index in [9.17, 15) is 14.0 Å². The van der Waals surface area contributed by atoms with E-state index in [4.69, 9.17) is 9.47 Å². The zero-order valence-corrected chi connectivity index (χ0v) is 16.9. The number of hydrogen-bond acceptors (Lipinski definition) is 5. The molecule has 148 valence electrons. The summed E-state index contributed by atoms with van der Waals surface area (Å²) in [5.41, 5.74) is 3.91. The number of nitrogens with zero attached hydrogens (tertiary/aromatic N) is 2. The van der Waals surface area contributed by atoms with E-state index in [1.165, 1.54) is 29.2 Å². The highest BCUT2D eigenvalue weighted by Crippen LogP contribution is 2.26. The first-order valence-electron chi connectivity index (χ1n) is 8.55. The predicted octanol–water partition coefficient (Wildman–Crippen LogP) is 3.43. The Morgan fingerprint density at radius 3 is 2.61 bits per heavy atom. The molecule has 0 saturated carbocycles. The monoisotopic (exact) mass is 451 g/mol. The normalized spacial score (nSPS) is 16.4. The second-order valence-corrected chi connectivity index (χ2v) is 6.92. The Bertz CT molecular complexity index is 878. The number of benzene rings is 2. The molecule has 1 atom stereocenters. The maximum atomic E-state index is 13.8. The average Bonchev–Trinajstić information content (AvgIpc) is 2.99. The number of ether oxygens (including phenoxy) is 2. The number of hydrogen-bond donors (Lipinski definition) is 1. The van der Waals surface area contributed by atoms with Crippen LogP contribution in [-0.4, -0.2) is 36.8 Å². The van der Waals surface area contributed by atoms with E-state index in [0.29, 0.717) is 17.0 Å². The summed E-state index contributed by atoms with van der Waals surface area (Å²) in [6, 6.07) is 10.7. The summed E-state index contributed by atoms with van der Waals surface area (Å²) in [6.07, 6.45) is -1.04. The van der Waals surface area contributed by atoms with Gasteiger partial charge in [0.25, 0.3) is 0 Å². The van der Waals surface area contributed by atoms with E-state index in [1.54, 1.807) is 37.3 Å². The van der Waals surface area contributed by atoms with Crippen LogP contribution in [0, 0.1) is 5.82 Å². The second-order valence-electron chi connectivity index (χ2n) is 6.01. The fraction of sp³-hybridized carbons (Fsp3) is 0.263. The van der Waals surface area contributed by atoms with E-state index in [2.05, 4.69) is 21.4 Å². The molecule has 9 heteroatoms. The standard InChI is InChI=1S/C19H19BrFN3O4/c1-3-28-18(25)17-22-24(15-6-4-13(20)5-7-15)19(26)23(17)11-12-8-14(21)10-16(9-12)27-2/h4-10,17,22H,3,11H2,1-2H3. The van der Waals surface area contributed by atoms with Gasteiger partial charge in [-0.1, -0.05) is 15.9 Å². The Morgan fingerprint density at radius 1 is 1.25 bits per heavy atom. The lowest BCUT2D eigenvalue weighted by Gasteiger charge is -2.21. The summed E-state index contributed by atoms with van der Waals surface area (Å²) in [4.78, 5) is 26.7. The van der Waals surface area contributed by atoms with E-state index >= 15 is 0 Å². The van der Waals surface area contributed by atoms with Gasteiger partial charge in [0.2, 0.25) is 6.17 Å². The van der Waals surface area contributed by atoms with Crippen molar-refractivity contribution in [3.63, 3.8) is 0 Å². The molecule has 0 aromatic heterocycles. The molecule has 0 aliphatic carbocycles. The summed E-state index contributed by atoms with van der Waals surface area (Å²) in [7, 11) is 1.43. The lowest BCUT2D eigenvalue weighted by molar-refractivity contribution is -0.148. The van der Waals surface area contributed by atoms with Crippen molar-refractivity contribution in [3.8, 4) is 5.75 Å². The van der Waals surface area contributed by atoms with Gasteiger partial charge in [-0.3, -0.25) is 4.90 Å². The van der Waals surface area contributed by atoms with E-state index in [0.717, 1.165) is 4.47 Å². The smallest absolute Gasteiger partial charge is 0.345 e. The maximum absolute atomic E-state index is 13.8. The highest BCUT2D eigenvalue weighted by molar-refractivity contribution is 9.10. The van der Waals surface area contributed by atoms with E-state index in [1.807, 2.05) is 0 Å². The number of methoxy groups -OCH3 is 1. The van der Waals surface area contributed by atoms with Crippen molar-refractivity contribution in [2.75, 3.05) is 18.7 Å². The molecule has 1 aliphatic heterocycles. The molecule has 1 aliphatic rings. The van der Waals surface area contributed by atoms with E-state index in [-0.39, 0.29) is 13.2 Å². The van der Waals surface area contributed by atoms with Crippen LogP contribution in [-0.2, 0) is 16.1 Å². The van der Waals surface area contributed by atoms with Crippen molar-refractivity contribution in [1.29, 1.82) is 0 Å². The zero-order chi connectivity index (χ0) is 20.3. The molecule has 1 unspecified atom stereocenters. The van der Waals surface area contributed by atoms with Crippen LogP contribution in [0.3, 0.4) is 0 Å². The average molecular weight is 452 g/mol. The van der Waals surface area contributed by atoms with Gasteiger partial charge in [-0.2, -0.15) is 5.43 Å². The molecule has 28 heavy (non-hydrogen) atoms. The quantitative estimate of drug-likeness (QED) is 0.681. The van der Waals surface area contributed by atoms with Gasteiger partial charge in [-0.25, -0.2) is 19.0 Å². The topological polar surface area (TPSA) is 71.1 Å². The van der Waals surface area contributed by atoms with Gasteiger partial charge in [-0.05, 0) is 48.9 Å². The van der Waals surface area contributed by atoms with Gasteiger partial charge < -0.3 is 9.47 Å². The Balaban J connectivity index is 1.91. The Kier molecular flexibility index (Phi) is 6.15. The Hall–Kier alpha value is -2.65. The molecule has 0 bridgehead atoms. The van der Waals surface area contributed by atoms with Crippen molar-refractivity contribution in [1.82, 2.24) is 10.3 Å². The number of hydrazine groups is 1. The summed E-state index contributed by atoms with van der Waals surface area (Å²) in [5.74, 6) is -0.766. The number of carbonyl (C=O) groups excluding carboxylic acids is 2. The summed E-state index contributed by atoms with van der Waals surface area (Å²) in [6.45, 7) is 1.85. The van der Waals surface area contributed by atoms with Gasteiger partial charge >= 0.3 is 12.0 Å². The van der Waals surface area contributed by atoms with E-state index < -0.39 is 24.0 Å². The lowest BCUT2D eigenvalue weighted by Crippen LogP contribution is -2.45. The molecule has 2 aromatic carbocycles. The van der Waals surface area contributed by atoms with Crippen molar-refractivity contribution < 1.29 is 23.5 Å². The number of carbonyl (C=O) groups is 2. The molecule has 1 heterocycles. The van der Waals surface area contributed by atoms with Crippen LogP contribution in [0.4, 0.5) is 14.9 Å². The second kappa shape index (κ2) is 8.57. The minimum absolute atomic E-state index is 0.00351. The molecule has 7 nitrogen and oxygen atoms in total. The fourth-order valence-corrected chi connectivity index (χ4v) is 3.11. The third kappa shape index (κ3) is 4.26. The number of halogens is 2. The zero-order valence-electron chi connectivity index (χ0n) is 15.3. The van der Waals surface area contributed by atoms with Gasteiger partial charge in [0, 0.05) is 17.1 Å². The molecule has 3 rings (SSSR count). The number of esters is 1. The lowest BCUT2D eigenvalue weighted by atomic mass is 10.2. The number of rotatable bonds is 6. The molecule has 0 radical (unpaired) electrons. The van der Waals surface area contributed by atoms with Crippen LogP contribution in [0.2, 0.25) is 0 Å². The molecule has 0 spiro atoms. The third-order valence-corrected chi connectivity index (χ3v) is 4.64. The highest BCUT2D eigenvalue weighted by atomic mass is 79.9. The van der Waals surface area contributed by atoms with Gasteiger partial charge in [0.05, 0.1) is 19.4 Å². The number of anilines is 1. The van der Waals surface area contributed by atoms with Crippen molar-refractivity contribution in [3.05, 3.63) is 58.3 Å². The molecule has 2 amide bonds. The minimum atomic E-state index is -1.04. The number of amides is 2. The van der Waals surface area contributed by atoms with Crippen LogP contribution in [0.25, 0.3) is 0 Å². The molecule has 1 saturated heterocycles. The van der Waals surface area contributed by atoms with Crippen molar-refractivity contribution >= 4 is 33.6 Å². The number of nitrogens with one attached hydrogen (secondary N) is 1. The highest BCUT2D eigenvalue weighted by Gasteiger charge is 2.42. The fourth-order valence-electron chi connectivity index (χ4n) is 2.85. The van der Waals surface area contributed by atoms with Gasteiger partial charge in [0.1, 0.15) is 11.6 Å². The molecule has 1 fully saturated rings. The largest absolute Gasteiger partial charge is 0.497 e. The summed E-state index contributed by atoms with van der Waals surface area (Å²) >= 11 is 3.35. The predicted molar refractivity (Wildman–Crippen MR) is 104 cm³/mol. The molecule has 1 N–H and O–H groups in total.